The zero-order valence-corrected chi connectivity index (χ0v) is 15.8. The summed E-state index contributed by atoms with van der Waals surface area (Å²) in [6, 6.07) is 17.2. The first kappa shape index (κ1) is 19.4. The predicted molar refractivity (Wildman–Crippen MR) is 106 cm³/mol. The Labute approximate surface area is 160 Å². The lowest BCUT2D eigenvalue weighted by atomic mass is 9.72. The Morgan fingerprint density at radius 3 is 2.37 bits per heavy atom. The van der Waals surface area contributed by atoms with Gasteiger partial charge in [-0.05, 0) is 56.1 Å². The third kappa shape index (κ3) is 4.31. The van der Waals surface area contributed by atoms with E-state index >= 15 is 0 Å². The molecule has 3 rings (SSSR count). The fourth-order valence-corrected chi connectivity index (χ4v) is 3.82. The molecular formula is C22H28N2O3. The number of rotatable bonds is 6. The number of carbonyl (C=O) groups is 1. The number of aliphatic hydroxyl groups excluding tert-OH is 1. The van der Waals surface area contributed by atoms with Crippen LogP contribution in [0.3, 0.4) is 0 Å². The van der Waals surface area contributed by atoms with Crippen LogP contribution in [0.25, 0.3) is 0 Å². The van der Waals surface area contributed by atoms with E-state index in [2.05, 4.69) is 4.90 Å². The molecule has 144 valence electrons. The number of nitrogens with two attached hydrogens (primary N) is 1. The lowest BCUT2D eigenvalue weighted by molar-refractivity contribution is -0.152. The highest BCUT2D eigenvalue weighted by Crippen LogP contribution is 2.37. The molecule has 0 spiro atoms. The number of likely N-dealkylation sites (tertiary alicyclic amines) is 1. The maximum atomic E-state index is 12.8. The first-order valence-electron chi connectivity index (χ1n) is 9.54. The summed E-state index contributed by atoms with van der Waals surface area (Å²) in [7, 11) is 0. The molecule has 1 fully saturated rings. The van der Waals surface area contributed by atoms with Crippen LogP contribution in [0.2, 0.25) is 0 Å². The van der Waals surface area contributed by atoms with Gasteiger partial charge >= 0.3 is 5.97 Å². The van der Waals surface area contributed by atoms with Gasteiger partial charge in [0, 0.05) is 12.2 Å². The van der Waals surface area contributed by atoms with E-state index in [1.807, 2.05) is 49.4 Å². The summed E-state index contributed by atoms with van der Waals surface area (Å²) in [6.07, 6.45) is 0.798. The monoisotopic (exact) mass is 368 g/mol. The lowest BCUT2D eigenvalue weighted by Crippen LogP contribution is -2.48. The summed E-state index contributed by atoms with van der Waals surface area (Å²) in [5.74, 6) is -0.144. The Morgan fingerprint density at radius 2 is 1.78 bits per heavy atom. The van der Waals surface area contributed by atoms with E-state index in [-0.39, 0.29) is 5.97 Å². The fourth-order valence-electron chi connectivity index (χ4n) is 3.82. The van der Waals surface area contributed by atoms with Crippen molar-refractivity contribution in [2.24, 2.45) is 0 Å². The number of anilines is 1. The molecule has 2 aromatic carbocycles. The molecule has 1 aliphatic rings. The second kappa shape index (κ2) is 8.55. The minimum absolute atomic E-state index is 0.144. The highest BCUT2D eigenvalue weighted by atomic mass is 16.5. The zero-order chi connectivity index (χ0) is 19.3. The van der Waals surface area contributed by atoms with Gasteiger partial charge in [-0.1, -0.05) is 42.5 Å². The van der Waals surface area contributed by atoms with Crippen molar-refractivity contribution in [1.29, 1.82) is 0 Å². The van der Waals surface area contributed by atoms with Crippen molar-refractivity contribution >= 4 is 11.7 Å². The SMILES string of the molecule is CCOC(=O)C1(c2ccccc2)CCN(CC(O)c2ccc(N)cc2)CC1. The summed E-state index contributed by atoms with van der Waals surface area (Å²) in [4.78, 5) is 15.0. The van der Waals surface area contributed by atoms with E-state index in [1.54, 1.807) is 12.1 Å². The van der Waals surface area contributed by atoms with Crippen molar-refractivity contribution in [1.82, 2.24) is 4.90 Å². The van der Waals surface area contributed by atoms with Crippen molar-refractivity contribution < 1.29 is 14.6 Å². The Bertz CT molecular complexity index is 738. The molecule has 5 heteroatoms. The van der Waals surface area contributed by atoms with Crippen LogP contribution >= 0.6 is 0 Å². The first-order chi connectivity index (χ1) is 13.0. The van der Waals surface area contributed by atoms with E-state index in [9.17, 15) is 9.90 Å². The highest BCUT2D eigenvalue weighted by Gasteiger charge is 2.44. The van der Waals surface area contributed by atoms with Gasteiger partial charge in [0.1, 0.15) is 0 Å². The number of carbonyl (C=O) groups excluding carboxylic acids is 1. The number of aliphatic hydroxyl groups is 1. The summed E-state index contributed by atoms with van der Waals surface area (Å²) >= 11 is 0. The van der Waals surface area contributed by atoms with Gasteiger partial charge in [-0.15, -0.1) is 0 Å². The van der Waals surface area contributed by atoms with Crippen LogP contribution < -0.4 is 5.73 Å². The molecule has 0 amide bonds. The van der Waals surface area contributed by atoms with Gasteiger partial charge in [0.2, 0.25) is 0 Å². The number of hydrogen-bond donors (Lipinski definition) is 2. The first-order valence-corrected chi connectivity index (χ1v) is 9.54. The van der Waals surface area contributed by atoms with E-state index in [1.165, 1.54) is 0 Å². The van der Waals surface area contributed by atoms with Crippen LogP contribution in [0.1, 0.15) is 37.0 Å². The van der Waals surface area contributed by atoms with Crippen LogP contribution in [0.15, 0.2) is 54.6 Å². The number of esters is 1. The van der Waals surface area contributed by atoms with Crippen molar-refractivity contribution in [3.05, 3.63) is 65.7 Å². The molecule has 0 saturated carbocycles. The normalized spacial score (nSPS) is 18.0. The summed E-state index contributed by atoms with van der Waals surface area (Å²) in [6.45, 7) is 4.23. The number of hydrogen-bond acceptors (Lipinski definition) is 5. The lowest BCUT2D eigenvalue weighted by Gasteiger charge is -2.40. The molecule has 1 atom stereocenters. The number of nitrogen functional groups attached to an aromatic ring is 1. The maximum absolute atomic E-state index is 12.8. The third-order valence-electron chi connectivity index (χ3n) is 5.45. The molecule has 0 bridgehead atoms. The molecule has 1 heterocycles. The summed E-state index contributed by atoms with van der Waals surface area (Å²) in [5, 5.41) is 10.5. The number of benzene rings is 2. The van der Waals surface area contributed by atoms with Gasteiger partial charge in [0.15, 0.2) is 0 Å². The minimum Gasteiger partial charge on any atom is -0.465 e. The molecule has 3 N–H and O–H groups in total. The smallest absolute Gasteiger partial charge is 0.316 e. The molecule has 1 aliphatic heterocycles. The Hall–Kier alpha value is -2.37. The van der Waals surface area contributed by atoms with Gasteiger partial charge in [-0.3, -0.25) is 4.79 Å². The molecule has 0 radical (unpaired) electrons. The van der Waals surface area contributed by atoms with E-state index < -0.39 is 11.5 Å². The second-order valence-electron chi connectivity index (χ2n) is 7.15. The number of nitrogens with zero attached hydrogens (tertiary/aromatic N) is 1. The second-order valence-corrected chi connectivity index (χ2v) is 7.15. The highest BCUT2D eigenvalue weighted by molar-refractivity contribution is 5.83. The van der Waals surface area contributed by atoms with Crippen LogP contribution in [0, 0.1) is 0 Å². The quantitative estimate of drug-likeness (QED) is 0.606. The topological polar surface area (TPSA) is 75.8 Å². The third-order valence-corrected chi connectivity index (χ3v) is 5.45. The standard InChI is InChI=1S/C22H28N2O3/c1-2-27-21(26)22(18-6-4-3-5-7-18)12-14-24(15-13-22)16-20(25)17-8-10-19(23)11-9-17/h3-11,20,25H,2,12-16,23H2,1H3. The maximum Gasteiger partial charge on any atom is 0.316 e. The minimum atomic E-state index is -0.597. The molecule has 0 aliphatic carbocycles. The van der Waals surface area contributed by atoms with Crippen LogP contribution in [-0.2, 0) is 14.9 Å². The molecule has 5 nitrogen and oxygen atoms in total. The Kier molecular flexibility index (Phi) is 6.14. The molecule has 1 unspecified atom stereocenters. The van der Waals surface area contributed by atoms with Crippen molar-refractivity contribution in [3.63, 3.8) is 0 Å². The number of β-amino-alcohol motifs (C(OH)–C–C–N with tert-alkyl or cyclic N) is 1. The van der Waals surface area contributed by atoms with Gasteiger partial charge in [-0.25, -0.2) is 0 Å². The zero-order valence-electron chi connectivity index (χ0n) is 15.8. The average molecular weight is 368 g/mol. The van der Waals surface area contributed by atoms with E-state index in [0.717, 1.165) is 24.2 Å². The van der Waals surface area contributed by atoms with Crippen molar-refractivity contribution in [2.45, 2.75) is 31.3 Å². The van der Waals surface area contributed by atoms with Gasteiger partial charge < -0.3 is 20.5 Å². The van der Waals surface area contributed by atoms with Crippen molar-refractivity contribution in [2.75, 3.05) is 32.0 Å². The van der Waals surface area contributed by atoms with Gasteiger partial charge in [0.05, 0.1) is 18.1 Å². The molecular weight excluding hydrogens is 340 g/mol. The number of ether oxygens (including phenoxy) is 1. The molecule has 0 aromatic heterocycles. The average Bonchev–Trinajstić information content (AvgIpc) is 2.70. The van der Waals surface area contributed by atoms with Crippen LogP contribution in [-0.4, -0.2) is 42.2 Å². The van der Waals surface area contributed by atoms with Gasteiger partial charge in [-0.2, -0.15) is 0 Å². The van der Waals surface area contributed by atoms with E-state index in [4.69, 9.17) is 10.5 Å². The van der Waals surface area contributed by atoms with Crippen LogP contribution in [0.5, 0.6) is 0 Å². The molecule has 1 saturated heterocycles. The molecule has 2 aromatic rings. The van der Waals surface area contributed by atoms with E-state index in [0.29, 0.717) is 31.7 Å². The van der Waals surface area contributed by atoms with Crippen LogP contribution in [0.4, 0.5) is 5.69 Å². The largest absolute Gasteiger partial charge is 0.465 e. The predicted octanol–water partition coefficient (Wildman–Crippen LogP) is 2.90. The fraction of sp³-hybridized carbons (Fsp3) is 0.409. The Morgan fingerprint density at radius 1 is 1.15 bits per heavy atom. The number of piperidine rings is 1. The summed E-state index contributed by atoms with van der Waals surface area (Å²) in [5.41, 5.74) is 7.67. The molecule has 27 heavy (non-hydrogen) atoms. The van der Waals surface area contributed by atoms with Crippen molar-refractivity contribution in [3.8, 4) is 0 Å². The van der Waals surface area contributed by atoms with Gasteiger partial charge in [0.25, 0.3) is 0 Å². The summed E-state index contributed by atoms with van der Waals surface area (Å²) < 4.78 is 5.42. The Balaban J connectivity index is 1.69.